The number of carbonyl (C=O) groups excluding carboxylic acids is 1. The first kappa shape index (κ1) is 20.2. The summed E-state index contributed by atoms with van der Waals surface area (Å²) in [7, 11) is 0. The highest BCUT2D eigenvalue weighted by Gasteiger charge is 2.13. The largest absolute Gasteiger partial charge is 0.325 e. The van der Waals surface area contributed by atoms with Gasteiger partial charge in [0.25, 0.3) is 0 Å². The lowest BCUT2D eigenvalue weighted by Crippen LogP contribution is -2.15. The van der Waals surface area contributed by atoms with E-state index in [1.807, 2.05) is 67.8 Å². The molecule has 2 aromatic heterocycles. The summed E-state index contributed by atoms with van der Waals surface area (Å²) in [5.41, 5.74) is 4.84. The Bertz CT molecular complexity index is 1170. The van der Waals surface area contributed by atoms with Gasteiger partial charge in [-0.1, -0.05) is 42.1 Å². The molecule has 0 aliphatic carbocycles. The number of anilines is 1. The van der Waals surface area contributed by atoms with Gasteiger partial charge in [0, 0.05) is 16.8 Å². The van der Waals surface area contributed by atoms with E-state index in [1.54, 1.807) is 4.68 Å². The Labute approximate surface area is 182 Å². The van der Waals surface area contributed by atoms with Crippen molar-refractivity contribution < 1.29 is 4.79 Å². The van der Waals surface area contributed by atoms with Gasteiger partial charge in [-0.2, -0.15) is 4.68 Å². The minimum Gasteiger partial charge on any atom is -0.325 e. The number of benzene rings is 2. The lowest BCUT2D eigenvalue weighted by atomic mass is 10.2. The van der Waals surface area contributed by atoms with Gasteiger partial charge in [0.2, 0.25) is 11.1 Å². The van der Waals surface area contributed by atoms with Gasteiger partial charge in [0.1, 0.15) is 5.01 Å². The molecule has 0 atom stereocenters. The second kappa shape index (κ2) is 9.19. The minimum atomic E-state index is -0.0683. The maximum Gasteiger partial charge on any atom is 0.231 e. The molecular weight excluding hydrogens is 416 g/mol. The lowest BCUT2D eigenvalue weighted by molar-refractivity contribution is -0.115. The van der Waals surface area contributed by atoms with Crippen LogP contribution in [0.3, 0.4) is 0 Å². The molecule has 1 amide bonds. The van der Waals surface area contributed by atoms with Crippen LogP contribution < -0.4 is 5.32 Å². The summed E-state index contributed by atoms with van der Waals surface area (Å²) < 4.78 is 1.72. The second-order valence-corrected chi connectivity index (χ2v) is 8.66. The van der Waals surface area contributed by atoms with Crippen molar-refractivity contribution in [2.75, 3.05) is 5.32 Å². The third-order valence-electron chi connectivity index (χ3n) is 4.37. The van der Waals surface area contributed by atoms with E-state index < -0.39 is 0 Å². The number of aromatic nitrogens is 5. The Kier molecular flexibility index (Phi) is 6.20. The number of thioether (sulfide) groups is 1. The average molecular weight is 437 g/mol. The highest BCUT2D eigenvalue weighted by molar-refractivity contribution is 7.98. The molecule has 0 bridgehead atoms. The molecule has 0 radical (unpaired) electrons. The van der Waals surface area contributed by atoms with Crippen LogP contribution in [0.2, 0.25) is 0 Å². The molecule has 0 saturated carbocycles. The highest BCUT2D eigenvalue weighted by Crippen LogP contribution is 2.24. The van der Waals surface area contributed by atoms with Crippen LogP contribution in [0.5, 0.6) is 0 Å². The number of hydrogen-bond donors (Lipinski definition) is 1. The fraction of sp³-hybridized carbons (Fsp3) is 0.190. The van der Waals surface area contributed by atoms with Crippen LogP contribution in [0.15, 0.2) is 59.1 Å². The maximum atomic E-state index is 12.3. The van der Waals surface area contributed by atoms with Crippen LogP contribution >= 0.6 is 23.1 Å². The number of rotatable bonds is 7. The van der Waals surface area contributed by atoms with Crippen molar-refractivity contribution in [3.8, 4) is 5.69 Å². The van der Waals surface area contributed by atoms with Crippen LogP contribution in [0.4, 0.5) is 5.69 Å². The molecule has 0 saturated heterocycles. The number of aryl methyl sites for hydroxylation is 2. The van der Waals surface area contributed by atoms with Crippen molar-refractivity contribution in [2.45, 2.75) is 31.2 Å². The molecule has 4 aromatic rings. The monoisotopic (exact) mass is 436 g/mol. The van der Waals surface area contributed by atoms with Crippen molar-refractivity contribution in [3.05, 3.63) is 75.7 Å². The van der Waals surface area contributed by atoms with Gasteiger partial charge in [-0.05, 0) is 53.6 Å². The van der Waals surface area contributed by atoms with E-state index in [2.05, 4.69) is 25.8 Å². The normalized spacial score (nSPS) is 10.9. The summed E-state index contributed by atoms with van der Waals surface area (Å²) in [6, 6.07) is 15.8. The fourth-order valence-corrected chi connectivity index (χ4v) is 4.55. The summed E-state index contributed by atoms with van der Waals surface area (Å²) in [4.78, 5) is 16.9. The van der Waals surface area contributed by atoms with E-state index in [9.17, 15) is 4.79 Å². The van der Waals surface area contributed by atoms with E-state index in [-0.39, 0.29) is 12.3 Å². The average Bonchev–Trinajstić information content (AvgIpc) is 3.37. The summed E-state index contributed by atoms with van der Waals surface area (Å²) in [6.07, 6.45) is 0.255. The van der Waals surface area contributed by atoms with Crippen molar-refractivity contribution in [2.24, 2.45) is 0 Å². The molecule has 2 heterocycles. The standard InChI is InChI=1S/C21H20N6OS2/c1-14-6-5-8-17(10-14)27-21(24-25-26-27)30-13-16-12-29-20(22-16)11-19(28)23-18-9-4-3-7-15(18)2/h3-10,12H,11,13H2,1-2H3,(H,23,28). The number of nitrogens with one attached hydrogen (secondary N) is 1. The van der Waals surface area contributed by atoms with E-state index in [0.717, 1.165) is 33.2 Å². The van der Waals surface area contributed by atoms with Gasteiger partial charge in [0.15, 0.2) is 0 Å². The van der Waals surface area contributed by atoms with Gasteiger partial charge in [-0.25, -0.2) is 4.98 Å². The number of thiazole rings is 1. The van der Waals surface area contributed by atoms with Crippen molar-refractivity contribution in [1.29, 1.82) is 0 Å². The molecule has 7 nitrogen and oxygen atoms in total. The predicted octanol–water partition coefficient (Wildman–Crippen LogP) is 4.21. The van der Waals surface area contributed by atoms with Gasteiger partial charge < -0.3 is 5.32 Å². The quantitative estimate of drug-likeness (QED) is 0.437. The topological polar surface area (TPSA) is 85.6 Å². The Balaban J connectivity index is 1.36. The van der Waals surface area contributed by atoms with Crippen molar-refractivity contribution in [1.82, 2.24) is 25.2 Å². The summed E-state index contributed by atoms with van der Waals surface area (Å²) in [5.74, 6) is 0.559. The Morgan fingerprint density at radius 2 is 2.03 bits per heavy atom. The number of tetrazole rings is 1. The van der Waals surface area contributed by atoms with Gasteiger partial charge in [0.05, 0.1) is 17.8 Å². The number of amides is 1. The molecule has 0 aliphatic rings. The van der Waals surface area contributed by atoms with Gasteiger partial charge in [-0.3, -0.25) is 4.79 Å². The van der Waals surface area contributed by atoms with Gasteiger partial charge >= 0.3 is 0 Å². The molecule has 152 valence electrons. The zero-order chi connectivity index (χ0) is 20.9. The third-order valence-corrected chi connectivity index (χ3v) is 6.22. The summed E-state index contributed by atoms with van der Waals surface area (Å²) >= 11 is 3.00. The van der Waals surface area contributed by atoms with Crippen molar-refractivity contribution in [3.63, 3.8) is 0 Å². The molecule has 2 aromatic carbocycles. The molecule has 0 fully saturated rings. The number of carbonyl (C=O) groups is 1. The van der Waals surface area contributed by atoms with E-state index in [4.69, 9.17) is 0 Å². The second-order valence-electron chi connectivity index (χ2n) is 6.77. The molecule has 1 N–H and O–H groups in total. The fourth-order valence-electron chi connectivity index (χ4n) is 2.87. The first-order valence-corrected chi connectivity index (χ1v) is 11.2. The van der Waals surface area contributed by atoms with Crippen LogP contribution in [0, 0.1) is 13.8 Å². The first-order chi connectivity index (χ1) is 14.6. The van der Waals surface area contributed by atoms with E-state index in [1.165, 1.54) is 23.1 Å². The predicted molar refractivity (Wildman–Crippen MR) is 119 cm³/mol. The Morgan fingerprint density at radius 1 is 1.17 bits per heavy atom. The van der Waals surface area contributed by atoms with Crippen LogP contribution in [0.25, 0.3) is 5.69 Å². The molecule has 9 heteroatoms. The highest BCUT2D eigenvalue weighted by atomic mass is 32.2. The maximum absolute atomic E-state index is 12.3. The summed E-state index contributed by atoms with van der Waals surface area (Å²) in [5, 5.41) is 18.4. The van der Waals surface area contributed by atoms with E-state index in [0.29, 0.717) is 10.9 Å². The molecule has 0 unspecified atom stereocenters. The number of para-hydroxylation sites is 1. The Morgan fingerprint density at radius 3 is 2.87 bits per heavy atom. The molecule has 0 aliphatic heterocycles. The first-order valence-electron chi connectivity index (χ1n) is 9.35. The lowest BCUT2D eigenvalue weighted by Gasteiger charge is -2.06. The Hall–Kier alpha value is -3.04. The van der Waals surface area contributed by atoms with E-state index >= 15 is 0 Å². The zero-order valence-electron chi connectivity index (χ0n) is 16.6. The van der Waals surface area contributed by atoms with Crippen LogP contribution in [-0.4, -0.2) is 31.1 Å². The molecule has 0 spiro atoms. The minimum absolute atomic E-state index is 0.0683. The number of nitrogens with zero attached hydrogens (tertiary/aromatic N) is 5. The molecule has 30 heavy (non-hydrogen) atoms. The smallest absolute Gasteiger partial charge is 0.231 e. The molecular formula is C21H20N6OS2. The van der Waals surface area contributed by atoms with Crippen molar-refractivity contribution >= 4 is 34.7 Å². The third kappa shape index (κ3) is 4.92. The SMILES string of the molecule is Cc1cccc(-n2nnnc2SCc2csc(CC(=O)Nc3ccccc3C)n2)c1. The van der Waals surface area contributed by atoms with Gasteiger partial charge in [-0.15, -0.1) is 16.4 Å². The van der Waals surface area contributed by atoms with Crippen LogP contribution in [0.1, 0.15) is 21.8 Å². The van der Waals surface area contributed by atoms with Crippen LogP contribution in [-0.2, 0) is 17.0 Å². The molecule has 4 rings (SSSR count). The zero-order valence-corrected chi connectivity index (χ0v) is 18.2. The number of hydrogen-bond acceptors (Lipinski definition) is 7. The summed E-state index contributed by atoms with van der Waals surface area (Å²) in [6.45, 7) is 4.01.